The Bertz CT molecular complexity index is 777. The van der Waals surface area contributed by atoms with Gasteiger partial charge in [-0.3, -0.25) is 9.36 Å². The van der Waals surface area contributed by atoms with Gasteiger partial charge >= 0.3 is 5.69 Å². The molecule has 0 unspecified atom stereocenters. The molecule has 0 aliphatic carbocycles. The predicted molar refractivity (Wildman–Crippen MR) is 84.9 cm³/mol. The van der Waals surface area contributed by atoms with Crippen molar-refractivity contribution < 1.29 is 0 Å². The van der Waals surface area contributed by atoms with Crippen molar-refractivity contribution in [2.45, 2.75) is 27.3 Å². The minimum Gasteiger partial charge on any atom is -0.380 e. The lowest BCUT2D eigenvalue weighted by atomic mass is 10.0. The number of aryl methyl sites for hydroxylation is 4. The minimum absolute atomic E-state index is 0.256. The molecule has 0 aliphatic heterocycles. The summed E-state index contributed by atoms with van der Waals surface area (Å²) in [4.78, 5) is 23.8. The monoisotopic (exact) mass is 287 g/mol. The number of nitrogens with zero attached hydrogens (tertiary/aromatic N) is 2. The molecule has 2 aromatic rings. The lowest BCUT2D eigenvalue weighted by Crippen LogP contribution is -2.38. The highest BCUT2D eigenvalue weighted by molar-refractivity contribution is 5.58. The smallest absolute Gasteiger partial charge is 0.330 e. The first kappa shape index (κ1) is 15.1. The number of hydrogen-bond acceptors (Lipinski definition) is 3. The first-order valence-electron chi connectivity index (χ1n) is 6.88. The summed E-state index contributed by atoms with van der Waals surface area (Å²) in [7, 11) is 3.14. The van der Waals surface area contributed by atoms with E-state index in [1.54, 1.807) is 13.2 Å². The molecule has 1 N–H and O–H groups in total. The van der Waals surface area contributed by atoms with Gasteiger partial charge in [0.05, 0.1) is 5.56 Å². The zero-order valence-electron chi connectivity index (χ0n) is 13.2. The second kappa shape index (κ2) is 5.60. The third-order valence-corrected chi connectivity index (χ3v) is 3.65. The van der Waals surface area contributed by atoms with E-state index in [4.69, 9.17) is 0 Å². The van der Waals surface area contributed by atoms with Crippen molar-refractivity contribution in [2.24, 2.45) is 14.1 Å². The number of rotatable bonds is 3. The SMILES string of the molecule is Cc1cc(C)c(NCc2cn(C)c(=O)n(C)c2=O)c(C)c1. The van der Waals surface area contributed by atoms with Crippen molar-refractivity contribution in [3.8, 4) is 0 Å². The van der Waals surface area contributed by atoms with Gasteiger partial charge in [0.25, 0.3) is 5.56 Å². The van der Waals surface area contributed by atoms with E-state index in [2.05, 4.69) is 24.4 Å². The minimum atomic E-state index is -0.313. The largest absolute Gasteiger partial charge is 0.380 e. The topological polar surface area (TPSA) is 56.0 Å². The molecule has 0 fully saturated rings. The van der Waals surface area contributed by atoms with Crippen molar-refractivity contribution in [2.75, 3.05) is 5.32 Å². The van der Waals surface area contributed by atoms with E-state index in [9.17, 15) is 9.59 Å². The maximum atomic E-state index is 12.1. The summed E-state index contributed by atoms with van der Waals surface area (Å²) in [6, 6.07) is 4.21. The van der Waals surface area contributed by atoms with E-state index in [1.165, 1.54) is 17.2 Å². The number of anilines is 1. The molecule has 0 atom stereocenters. The van der Waals surface area contributed by atoms with Crippen LogP contribution in [0.25, 0.3) is 0 Å². The summed E-state index contributed by atoms with van der Waals surface area (Å²) in [6.07, 6.45) is 1.59. The first-order valence-corrected chi connectivity index (χ1v) is 6.88. The lowest BCUT2D eigenvalue weighted by Gasteiger charge is -2.14. The molecule has 1 aromatic heterocycles. The van der Waals surface area contributed by atoms with E-state index < -0.39 is 0 Å². The average Bonchev–Trinajstić information content (AvgIpc) is 2.40. The highest BCUT2D eigenvalue weighted by Gasteiger charge is 2.08. The highest BCUT2D eigenvalue weighted by atomic mass is 16.2. The van der Waals surface area contributed by atoms with Gasteiger partial charge in [-0.15, -0.1) is 0 Å². The van der Waals surface area contributed by atoms with Crippen LogP contribution in [0.5, 0.6) is 0 Å². The van der Waals surface area contributed by atoms with E-state index in [0.29, 0.717) is 12.1 Å². The molecule has 0 aliphatic rings. The molecule has 5 nitrogen and oxygen atoms in total. The van der Waals surface area contributed by atoms with Crippen molar-refractivity contribution in [3.05, 3.63) is 61.4 Å². The van der Waals surface area contributed by atoms with Crippen molar-refractivity contribution in [1.29, 1.82) is 0 Å². The molecule has 0 saturated carbocycles. The van der Waals surface area contributed by atoms with Crippen LogP contribution in [0.4, 0.5) is 5.69 Å². The zero-order chi connectivity index (χ0) is 15.7. The Morgan fingerprint density at radius 3 is 2.19 bits per heavy atom. The fraction of sp³-hybridized carbons (Fsp3) is 0.375. The summed E-state index contributed by atoms with van der Waals surface area (Å²) in [5.41, 5.74) is 4.55. The summed E-state index contributed by atoms with van der Waals surface area (Å²) in [5, 5.41) is 3.31. The summed E-state index contributed by atoms with van der Waals surface area (Å²) < 4.78 is 2.55. The average molecular weight is 287 g/mol. The van der Waals surface area contributed by atoms with Gasteiger partial charge in [0.1, 0.15) is 0 Å². The van der Waals surface area contributed by atoms with Crippen LogP contribution in [0, 0.1) is 20.8 Å². The van der Waals surface area contributed by atoms with Crippen LogP contribution in [0.3, 0.4) is 0 Å². The van der Waals surface area contributed by atoms with Crippen molar-refractivity contribution in [3.63, 3.8) is 0 Å². The van der Waals surface area contributed by atoms with Crippen LogP contribution in [-0.4, -0.2) is 9.13 Å². The van der Waals surface area contributed by atoms with E-state index >= 15 is 0 Å². The number of benzene rings is 1. The van der Waals surface area contributed by atoms with Crippen LogP contribution in [0.1, 0.15) is 22.3 Å². The molecular weight excluding hydrogens is 266 g/mol. The quantitative estimate of drug-likeness (QED) is 0.933. The Labute approximate surface area is 123 Å². The normalized spacial score (nSPS) is 10.7. The van der Waals surface area contributed by atoms with Crippen molar-refractivity contribution in [1.82, 2.24) is 9.13 Å². The summed E-state index contributed by atoms with van der Waals surface area (Å²) in [5.74, 6) is 0. The van der Waals surface area contributed by atoms with Crippen LogP contribution in [0.15, 0.2) is 27.9 Å². The fourth-order valence-electron chi connectivity index (χ4n) is 2.65. The van der Waals surface area contributed by atoms with Crippen LogP contribution >= 0.6 is 0 Å². The summed E-state index contributed by atoms with van der Waals surface area (Å²) in [6.45, 7) is 6.54. The Kier molecular flexibility index (Phi) is 4.02. The Hall–Kier alpha value is -2.30. The second-order valence-corrected chi connectivity index (χ2v) is 5.54. The van der Waals surface area contributed by atoms with E-state index in [1.807, 2.05) is 13.8 Å². The Balaban J connectivity index is 2.34. The van der Waals surface area contributed by atoms with Gasteiger partial charge in [0, 0.05) is 32.5 Å². The zero-order valence-corrected chi connectivity index (χ0v) is 13.2. The third kappa shape index (κ3) is 2.91. The van der Waals surface area contributed by atoms with Gasteiger partial charge in [-0.1, -0.05) is 17.7 Å². The number of aromatic nitrogens is 2. The molecule has 21 heavy (non-hydrogen) atoms. The maximum Gasteiger partial charge on any atom is 0.330 e. The second-order valence-electron chi connectivity index (χ2n) is 5.54. The highest BCUT2D eigenvalue weighted by Crippen LogP contribution is 2.22. The fourth-order valence-corrected chi connectivity index (χ4v) is 2.65. The molecule has 1 heterocycles. The van der Waals surface area contributed by atoms with Gasteiger partial charge < -0.3 is 9.88 Å². The first-order chi connectivity index (χ1) is 9.81. The molecule has 0 amide bonds. The molecule has 1 aromatic carbocycles. The van der Waals surface area contributed by atoms with Crippen LogP contribution < -0.4 is 16.6 Å². The molecule has 0 saturated heterocycles. The molecule has 0 radical (unpaired) electrons. The van der Waals surface area contributed by atoms with E-state index in [0.717, 1.165) is 21.4 Å². The molecule has 112 valence electrons. The Morgan fingerprint density at radius 1 is 1.05 bits per heavy atom. The standard InChI is InChI=1S/C16H21N3O2/c1-10-6-11(2)14(12(3)7-10)17-8-13-9-18(4)16(21)19(5)15(13)20/h6-7,9,17H,8H2,1-5H3. The molecular formula is C16H21N3O2. The third-order valence-electron chi connectivity index (χ3n) is 3.65. The summed E-state index contributed by atoms with van der Waals surface area (Å²) >= 11 is 0. The number of hydrogen-bond donors (Lipinski definition) is 1. The van der Waals surface area contributed by atoms with Gasteiger partial charge in [0.2, 0.25) is 0 Å². The lowest BCUT2D eigenvalue weighted by molar-refractivity contribution is 0.671. The van der Waals surface area contributed by atoms with Crippen molar-refractivity contribution >= 4 is 5.69 Å². The maximum absolute atomic E-state index is 12.1. The predicted octanol–water partition coefficient (Wildman–Crippen LogP) is 1.62. The molecule has 5 heteroatoms. The Morgan fingerprint density at radius 2 is 1.62 bits per heavy atom. The van der Waals surface area contributed by atoms with Gasteiger partial charge in [0.15, 0.2) is 0 Å². The number of nitrogens with one attached hydrogen (secondary N) is 1. The van der Waals surface area contributed by atoms with Gasteiger partial charge in [-0.05, 0) is 31.9 Å². The van der Waals surface area contributed by atoms with Gasteiger partial charge in [-0.25, -0.2) is 4.79 Å². The van der Waals surface area contributed by atoms with Crippen LogP contribution in [-0.2, 0) is 20.6 Å². The molecule has 0 spiro atoms. The molecule has 0 bridgehead atoms. The van der Waals surface area contributed by atoms with Gasteiger partial charge in [-0.2, -0.15) is 0 Å². The van der Waals surface area contributed by atoms with E-state index in [-0.39, 0.29) is 11.2 Å². The molecule has 2 rings (SSSR count). The van der Waals surface area contributed by atoms with Crippen LogP contribution in [0.2, 0.25) is 0 Å².